The number of alkyl halides is 3. The number of rotatable bonds is 5. The van der Waals surface area contributed by atoms with Gasteiger partial charge in [0.15, 0.2) is 0 Å². The highest BCUT2D eigenvalue weighted by molar-refractivity contribution is 5.76. The van der Waals surface area contributed by atoms with E-state index in [4.69, 9.17) is 0 Å². The first-order valence-corrected chi connectivity index (χ1v) is 5.48. The van der Waals surface area contributed by atoms with Gasteiger partial charge in [-0.25, -0.2) is 0 Å². The normalized spacial score (nSPS) is 13.1. The summed E-state index contributed by atoms with van der Waals surface area (Å²) in [5.74, 6) is -0.943. The molecule has 0 saturated carbocycles. The van der Waals surface area contributed by atoms with Crippen LogP contribution in [0.3, 0.4) is 0 Å². The number of nitro groups is 1. The van der Waals surface area contributed by atoms with Gasteiger partial charge in [-0.05, 0) is 24.6 Å². The molecule has 1 aromatic carbocycles. The summed E-state index contributed by atoms with van der Waals surface area (Å²) in [4.78, 5) is 21.0. The van der Waals surface area contributed by atoms with Gasteiger partial charge in [-0.15, -0.1) is 0 Å². The van der Waals surface area contributed by atoms with Crippen LogP contribution < -0.4 is 0 Å². The van der Waals surface area contributed by atoms with Crippen LogP contribution in [0.2, 0.25) is 0 Å². The molecule has 0 fully saturated rings. The number of benzene rings is 1. The maximum Gasteiger partial charge on any atom is 0.416 e. The lowest BCUT2D eigenvalue weighted by Crippen LogP contribution is -2.15. The molecule has 7 heteroatoms. The number of ketones is 1. The lowest BCUT2D eigenvalue weighted by atomic mass is 9.93. The first-order valence-electron chi connectivity index (χ1n) is 5.48. The van der Waals surface area contributed by atoms with Crippen molar-refractivity contribution in [3.63, 3.8) is 0 Å². The summed E-state index contributed by atoms with van der Waals surface area (Å²) in [6.07, 6.45) is -4.51. The predicted octanol–water partition coefficient (Wildman–Crippen LogP) is 3.04. The maximum atomic E-state index is 12.4. The molecule has 1 atom stereocenters. The number of carbonyl (C=O) groups excluding carboxylic acids is 1. The lowest BCUT2D eigenvalue weighted by molar-refractivity contribution is -0.483. The molecule has 0 N–H and O–H groups in total. The number of Topliss-reactive ketones (excluding diaryl/α,β-unsaturated/α-hetero) is 1. The van der Waals surface area contributed by atoms with Gasteiger partial charge in [0.25, 0.3) is 0 Å². The van der Waals surface area contributed by atoms with Crippen molar-refractivity contribution in [1.29, 1.82) is 0 Å². The highest BCUT2D eigenvalue weighted by atomic mass is 19.4. The van der Waals surface area contributed by atoms with Crippen LogP contribution in [0.5, 0.6) is 0 Å². The van der Waals surface area contributed by atoms with E-state index in [0.29, 0.717) is 5.56 Å². The number of hydrogen-bond donors (Lipinski definition) is 0. The molecule has 0 aliphatic heterocycles. The zero-order chi connectivity index (χ0) is 14.6. The van der Waals surface area contributed by atoms with Gasteiger partial charge in [0, 0.05) is 11.3 Å². The SMILES string of the molecule is CC(=O)C[C@@H](C[N+](=O)[O-])c1ccc(C(F)(F)F)cc1. The van der Waals surface area contributed by atoms with Gasteiger partial charge in [-0.3, -0.25) is 10.1 Å². The van der Waals surface area contributed by atoms with E-state index in [0.717, 1.165) is 12.1 Å². The first-order chi connectivity index (χ1) is 8.70. The summed E-state index contributed by atoms with van der Waals surface area (Å²) in [6.45, 7) is 0.808. The van der Waals surface area contributed by atoms with Crippen LogP contribution in [0.15, 0.2) is 24.3 Å². The molecular weight excluding hydrogens is 263 g/mol. The molecule has 19 heavy (non-hydrogen) atoms. The molecule has 4 nitrogen and oxygen atoms in total. The average molecular weight is 275 g/mol. The molecule has 0 aromatic heterocycles. The maximum absolute atomic E-state index is 12.4. The van der Waals surface area contributed by atoms with Crippen LogP contribution in [0.25, 0.3) is 0 Å². The molecule has 0 radical (unpaired) electrons. The van der Waals surface area contributed by atoms with Crippen molar-refractivity contribution in [1.82, 2.24) is 0 Å². The highest BCUT2D eigenvalue weighted by Crippen LogP contribution is 2.30. The Morgan fingerprint density at radius 3 is 2.21 bits per heavy atom. The average Bonchev–Trinajstić information content (AvgIpc) is 2.26. The summed E-state index contributed by atoms with van der Waals surface area (Å²) in [5.41, 5.74) is -0.459. The Labute approximate surface area is 107 Å². The quantitative estimate of drug-likeness (QED) is 0.613. The second-order valence-electron chi connectivity index (χ2n) is 4.24. The molecular formula is C12H12F3NO3. The Hall–Kier alpha value is -1.92. The number of halogens is 3. The monoisotopic (exact) mass is 275 g/mol. The third kappa shape index (κ3) is 4.69. The van der Waals surface area contributed by atoms with Gasteiger partial charge >= 0.3 is 6.18 Å². The molecule has 1 aromatic rings. The fourth-order valence-corrected chi connectivity index (χ4v) is 1.76. The van der Waals surface area contributed by atoms with Gasteiger partial charge in [-0.2, -0.15) is 13.2 Å². The van der Waals surface area contributed by atoms with Crippen LogP contribution in [0, 0.1) is 10.1 Å². The van der Waals surface area contributed by atoms with Crippen molar-refractivity contribution < 1.29 is 22.9 Å². The van der Waals surface area contributed by atoms with Crippen molar-refractivity contribution in [3.05, 3.63) is 45.5 Å². The number of nitrogens with zero attached hydrogens (tertiary/aromatic N) is 1. The van der Waals surface area contributed by atoms with Crippen molar-refractivity contribution in [2.24, 2.45) is 0 Å². The van der Waals surface area contributed by atoms with Gasteiger partial charge in [0.2, 0.25) is 6.54 Å². The Morgan fingerprint density at radius 1 is 1.32 bits per heavy atom. The Bertz CT molecular complexity index is 452. The Balaban J connectivity index is 2.96. The van der Waals surface area contributed by atoms with E-state index >= 15 is 0 Å². The molecule has 0 aliphatic rings. The van der Waals surface area contributed by atoms with Crippen LogP contribution in [0.1, 0.15) is 30.4 Å². The predicted molar refractivity (Wildman–Crippen MR) is 61.3 cm³/mol. The highest BCUT2D eigenvalue weighted by Gasteiger charge is 2.30. The molecule has 0 heterocycles. The molecule has 0 aliphatic carbocycles. The van der Waals surface area contributed by atoms with Crippen molar-refractivity contribution in [3.8, 4) is 0 Å². The topological polar surface area (TPSA) is 60.2 Å². The lowest BCUT2D eigenvalue weighted by Gasteiger charge is -2.13. The largest absolute Gasteiger partial charge is 0.416 e. The van der Waals surface area contributed by atoms with E-state index in [2.05, 4.69) is 0 Å². The van der Waals surface area contributed by atoms with E-state index in [-0.39, 0.29) is 12.2 Å². The zero-order valence-corrected chi connectivity index (χ0v) is 10.1. The Morgan fingerprint density at radius 2 is 1.84 bits per heavy atom. The minimum Gasteiger partial charge on any atom is -0.300 e. The van der Waals surface area contributed by atoms with Gasteiger partial charge in [-0.1, -0.05) is 12.1 Å². The van der Waals surface area contributed by atoms with E-state index in [9.17, 15) is 28.1 Å². The smallest absolute Gasteiger partial charge is 0.300 e. The summed E-state index contributed by atoms with van der Waals surface area (Å²) in [7, 11) is 0. The molecule has 0 amide bonds. The van der Waals surface area contributed by atoms with Crippen LogP contribution in [0.4, 0.5) is 13.2 Å². The second-order valence-corrected chi connectivity index (χ2v) is 4.24. The fourth-order valence-electron chi connectivity index (χ4n) is 1.76. The molecule has 0 spiro atoms. The molecule has 0 unspecified atom stereocenters. The molecule has 1 rings (SSSR count). The van der Waals surface area contributed by atoms with E-state index < -0.39 is 29.1 Å². The summed E-state index contributed by atoms with van der Waals surface area (Å²) in [5, 5.41) is 10.5. The van der Waals surface area contributed by atoms with E-state index in [1.54, 1.807) is 0 Å². The zero-order valence-electron chi connectivity index (χ0n) is 10.1. The molecule has 104 valence electrons. The minimum absolute atomic E-state index is 0.0632. The summed E-state index contributed by atoms with van der Waals surface area (Å²) in [6, 6.07) is 4.09. The summed E-state index contributed by atoms with van der Waals surface area (Å²) < 4.78 is 37.1. The van der Waals surface area contributed by atoms with Crippen molar-refractivity contribution in [2.75, 3.05) is 6.54 Å². The molecule has 0 saturated heterocycles. The summed E-state index contributed by atoms with van der Waals surface area (Å²) >= 11 is 0. The van der Waals surface area contributed by atoms with Crippen LogP contribution in [-0.2, 0) is 11.0 Å². The van der Waals surface area contributed by atoms with Crippen molar-refractivity contribution in [2.45, 2.75) is 25.4 Å². The first kappa shape index (κ1) is 15.1. The molecule has 0 bridgehead atoms. The third-order valence-electron chi connectivity index (χ3n) is 2.61. The third-order valence-corrected chi connectivity index (χ3v) is 2.61. The van der Waals surface area contributed by atoms with Gasteiger partial charge in [0.05, 0.1) is 11.5 Å². The van der Waals surface area contributed by atoms with Crippen molar-refractivity contribution >= 4 is 5.78 Å². The second kappa shape index (κ2) is 5.81. The number of carbonyl (C=O) groups is 1. The standard InChI is InChI=1S/C12H12F3NO3/c1-8(17)6-10(7-16(18)19)9-2-4-11(5-3-9)12(13,14)15/h2-5,10H,6-7H2,1H3/t10-/m0/s1. The van der Waals surface area contributed by atoms with Gasteiger partial charge < -0.3 is 4.79 Å². The minimum atomic E-state index is -4.45. The van der Waals surface area contributed by atoms with E-state index in [1.807, 2.05) is 0 Å². The van der Waals surface area contributed by atoms with Gasteiger partial charge in [0.1, 0.15) is 5.78 Å². The van der Waals surface area contributed by atoms with E-state index in [1.165, 1.54) is 19.1 Å². The number of hydrogen-bond acceptors (Lipinski definition) is 3. The van der Waals surface area contributed by atoms with Crippen LogP contribution >= 0.6 is 0 Å². The van der Waals surface area contributed by atoms with Crippen LogP contribution in [-0.4, -0.2) is 17.3 Å². The fraction of sp³-hybridized carbons (Fsp3) is 0.417. The Kier molecular flexibility index (Phi) is 4.63.